The van der Waals surface area contributed by atoms with Crippen molar-refractivity contribution >= 4 is 23.6 Å². The van der Waals surface area contributed by atoms with Crippen LogP contribution in [-0.2, 0) is 16.1 Å². The van der Waals surface area contributed by atoms with Crippen LogP contribution in [0.25, 0.3) is 6.08 Å². The number of benzene rings is 2. The summed E-state index contributed by atoms with van der Waals surface area (Å²) in [7, 11) is 0. The molecule has 0 aliphatic carbocycles. The van der Waals surface area contributed by atoms with Gasteiger partial charge in [-0.2, -0.15) is 0 Å². The Hall–Kier alpha value is -3.72. The first kappa shape index (κ1) is 20.0. The number of nitro groups is 1. The van der Waals surface area contributed by atoms with Gasteiger partial charge in [0.15, 0.2) is 6.79 Å². The quantitative estimate of drug-likeness (QED) is 0.465. The Morgan fingerprint density at radius 3 is 2.69 bits per heavy atom. The van der Waals surface area contributed by atoms with Crippen molar-refractivity contribution in [3.8, 4) is 5.75 Å². The van der Waals surface area contributed by atoms with Crippen molar-refractivity contribution in [1.82, 2.24) is 10.9 Å². The molecule has 0 bridgehead atoms. The van der Waals surface area contributed by atoms with E-state index in [0.29, 0.717) is 22.4 Å². The number of non-ortho nitro benzene ring substituents is 1. The van der Waals surface area contributed by atoms with Crippen LogP contribution in [0.2, 0.25) is 0 Å². The summed E-state index contributed by atoms with van der Waals surface area (Å²) in [5.74, 6) is -0.627. The summed E-state index contributed by atoms with van der Waals surface area (Å²) < 4.78 is 10.5. The molecule has 0 saturated heterocycles. The molecule has 2 amide bonds. The molecule has 2 N–H and O–H groups in total. The summed E-state index contributed by atoms with van der Waals surface area (Å²) in [4.78, 5) is 34.9. The lowest BCUT2D eigenvalue weighted by atomic mass is 10.1. The first-order valence-corrected chi connectivity index (χ1v) is 8.72. The van der Waals surface area contributed by atoms with Crippen LogP contribution in [-0.4, -0.2) is 23.5 Å². The van der Waals surface area contributed by atoms with Gasteiger partial charge in [0.25, 0.3) is 17.5 Å². The van der Waals surface area contributed by atoms with Crippen LogP contribution < -0.4 is 15.6 Å². The van der Waals surface area contributed by atoms with E-state index in [9.17, 15) is 19.7 Å². The Kier molecular flexibility index (Phi) is 5.89. The predicted octanol–water partition coefficient (Wildman–Crippen LogP) is 2.55. The molecular weight excluding hydrogens is 378 g/mol. The number of rotatable bonds is 4. The van der Waals surface area contributed by atoms with Gasteiger partial charge in [-0.05, 0) is 31.6 Å². The molecule has 0 aromatic heterocycles. The molecule has 0 spiro atoms. The van der Waals surface area contributed by atoms with E-state index in [1.807, 2.05) is 13.0 Å². The molecule has 1 heterocycles. The first-order valence-electron chi connectivity index (χ1n) is 8.72. The average Bonchev–Trinajstić information content (AvgIpc) is 2.69. The van der Waals surface area contributed by atoms with Gasteiger partial charge < -0.3 is 9.47 Å². The molecule has 29 heavy (non-hydrogen) atoms. The summed E-state index contributed by atoms with van der Waals surface area (Å²) in [6.07, 6.45) is 2.54. The maximum atomic E-state index is 12.2. The Morgan fingerprint density at radius 2 is 1.97 bits per heavy atom. The molecule has 0 atom stereocenters. The number of ether oxygens (including phenoxy) is 2. The van der Waals surface area contributed by atoms with E-state index >= 15 is 0 Å². The first-order chi connectivity index (χ1) is 13.8. The highest BCUT2D eigenvalue weighted by Gasteiger charge is 2.20. The van der Waals surface area contributed by atoms with Crippen LogP contribution in [0.4, 0.5) is 5.69 Å². The van der Waals surface area contributed by atoms with Gasteiger partial charge in [-0.25, -0.2) is 0 Å². The SMILES string of the molecule is Cc1ccc(C(=O)NNC(=O)/C=C/c2cc([N+](=O)[O-])cc3c2OCOC3)c(C)c1. The van der Waals surface area contributed by atoms with E-state index in [4.69, 9.17) is 9.47 Å². The largest absolute Gasteiger partial charge is 0.467 e. The normalized spacial score (nSPS) is 12.8. The van der Waals surface area contributed by atoms with E-state index in [1.165, 1.54) is 18.2 Å². The zero-order valence-corrected chi connectivity index (χ0v) is 15.9. The molecule has 0 saturated carbocycles. The van der Waals surface area contributed by atoms with E-state index in [-0.39, 0.29) is 19.1 Å². The number of nitrogens with zero attached hydrogens (tertiary/aromatic N) is 1. The van der Waals surface area contributed by atoms with Crippen LogP contribution in [0.15, 0.2) is 36.4 Å². The molecule has 0 fully saturated rings. The number of hydrogen-bond donors (Lipinski definition) is 2. The molecule has 3 rings (SSSR count). The third-order valence-electron chi connectivity index (χ3n) is 4.27. The molecule has 1 aliphatic heterocycles. The third-order valence-corrected chi connectivity index (χ3v) is 4.27. The van der Waals surface area contributed by atoms with Gasteiger partial charge in [0.05, 0.1) is 11.5 Å². The fourth-order valence-corrected chi connectivity index (χ4v) is 2.92. The number of fused-ring (bicyclic) bond motifs is 1. The summed E-state index contributed by atoms with van der Waals surface area (Å²) in [5.41, 5.74) is 7.64. The number of amides is 2. The molecule has 0 radical (unpaired) electrons. The lowest BCUT2D eigenvalue weighted by Crippen LogP contribution is -2.41. The van der Waals surface area contributed by atoms with Crippen molar-refractivity contribution in [3.05, 3.63) is 74.3 Å². The number of nitro benzene ring substituents is 1. The summed E-state index contributed by atoms with van der Waals surface area (Å²) in [5, 5.41) is 11.1. The Balaban J connectivity index is 1.70. The lowest BCUT2D eigenvalue weighted by Gasteiger charge is -2.19. The van der Waals surface area contributed by atoms with Gasteiger partial charge >= 0.3 is 0 Å². The van der Waals surface area contributed by atoms with Crippen LogP contribution in [0.3, 0.4) is 0 Å². The maximum Gasteiger partial charge on any atom is 0.270 e. The Morgan fingerprint density at radius 1 is 1.17 bits per heavy atom. The number of carbonyl (C=O) groups is 2. The fourth-order valence-electron chi connectivity index (χ4n) is 2.92. The van der Waals surface area contributed by atoms with Crippen LogP contribution in [0.5, 0.6) is 5.75 Å². The van der Waals surface area contributed by atoms with E-state index in [0.717, 1.165) is 17.2 Å². The van der Waals surface area contributed by atoms with Crippen molar-refractivity contribution in [2.75, 3.05) is 6.79 Å². The van der Waals surface area contributed by atoms with E-state index in [2.05, 4.69) is 10.9 Å². The molecule has 9 nitrogen and oxygen atoms in total. The number of hydrogen-bond acceptors (Lipinski definition) is 6. The minimum atomic E-state index is -0.601. The predicted molar refractivity (Wildman–Crippen MR) is 104 cm³/mol. The topological polar surface area (TPSA) is 120 Å². The molecule has 9 heteroatoms. The minimum Gasteiger partial charge on any atom is -0.467 e. The lowest BCUT2D eigenvalue weighted by molar-refractivity contribution is -0.385. The van der Waals surface area contributed by atoms with Crippen molar-refractivity contribution in [2.45, 2.75) is 20.5 Å². The second kappa shape index (κ2) is 8.53. The Bertz CT molecular complexity index is 1020. The van der Waals surface area contributed by atoms with Gasteiger partial charge in [-0.1, -0.05) is 17.7 Å². The third kappa shape index (κ3) is 4.77. The van der Waals surface area contributed by atoms with Gasteiger partial charge in [0.2, 0.25) is 0 Å². The molecular formula is C20H19N3O6. The smallest absolute Gasteiger partial charge is 0.270 e. The van der Waals surface area contributed by atoms with Crippen molar-refractivity contribution in [3.63, 3.8) is 0 Å². The van der Waals surface area contributed by atoms with Gasteiger partial charge in [0, 0.05) is 34.9 Å². The zero-order chi connectivity index (χ0) is 21.0. The van der Waals surface area contributed by atoms with Crippen molar-refractivity contribution in [1.29, 1.82) is 0 Å². The van der Waals surface area contributed by atoms with Gasteiger partial charge in [-0.15, -0.1) is 0 Å². The maximum absolute atomic E-state index is 12.2. The second-order valence-corrected chi connectivity index (χ2v) is 6.49. The fraction of sp³-hybridized carbons (Fsp3) is 0.200. The van der Waals surface area contributed by atoms with Crippen molar-refractivity contribution < 1.29 is 24.0 Å². The molecule has 0 unspecified atom stereocenters. The molecule has 2 aromatic carbocycles. The van der Waals surface area contributed by atoms with E-state index < -0.39 is 16.7 Å². The summed E-state index contributed by atoms with van der Waals surface area (Å²) in [6, 6.07) is 8.03. The molecule has 2 aromatic rings. The van der Waals surface area contributed by atoms with Crippen LogP contribution >= 0.6 is 0 Å². The van der Waals surface area contributed by atoms with Crippen molar-refractivity contribution in [2.24, 2.45) is 0 Å². The highest BCUT2D eigenvalue weighted by atomic mass is 16.7. The van der Waals surface area contributed by atoms with Gasteiger partial charge in [-0.3, -0.25) is 30.6 Å². The number of carbonyl (C=O) groups excluding carboxylic acids is 2. The zero-order valence-electron chi connectivity index (χ0n) is 15.9. The number of nitrogens with one attached hydrogen (secondary N) is 2. The molecule has 150 valence electrons. The average molecular weight is 397 g/mol. The van der Waals surface area contributed by atoms with Gasteiger partial charge in [0.1, 0.15) is 5.75 Å². The molecule has 1 aliphatic rings. The van der Waals surface area contributed by atoms with E-state index in [1.54, 1.807) is 19.1 Å². The highest BCUT2D eigenvalue weighted by Crippen LogP contribution is 2.33. The number of aryl methyl sites for hydroxylation is 2. The monoisotopic (exact) mass is 397 g/mol. The Labute approximate surface area is 166 Å². The summed E-state index contributed by atoms with van der Waals surface area (Å²) >= 11 is 0. The summed E-state index contributed by atoms with van der Waals surface area (Å²) in [6.45, 7) is 3.92. The minimum absolute atomic E-state index is 0.0177. The standard InChI is InChI=1S/C20H19N3O6/c1-12-3-5-17(13(2)7-12)20(25)22-21-18(24)6-4-14-8-16(23(26)27)9-15-10-28-11-29-19(14)15/h3-9H,10-11H2,1-2H3,(H,21,24)(H,22,25)/b6-4+. The second-order valence-electron chi connectivity index (χ2n) is 6.49. The van der Waals surface area contributed by atoms with Crippen LogP contribution in [0, 0.1) is 24.0 Å². The highest BCUT2D eigenvalue weighted by molar-refractivity contribution is 5.99. The number of hydrazine groups is 1. The van der Waals surface area contributed by atoms with Crippen LogP contribution in [0.1, 0.15) is 32.6 Å².